The van der Waals surface area contributed by atoms with Crippen LogP contribution in [-0.4, -0.2) is 19.9 Å². The maximum Gasteiger partial charge on any atom is 0.164 e. The molecule has 9 rings (SSSR count). The molecule has 0 atom stereocenters. The van der Waals surface area contributed by atoms with Gasteiger partial charge in [0.05, 0.1) is 11.2 Å². The Labute approximate surface area is 275 Å². The lowest BCUT2D eigenvalue weighted by atomic mass is 9.96. The first-order chi connectivity index (χ1) is 23.3. The topological polar surface area (TPSA) is 51.6 Å². The van der Waals surface area contributed by atoms with E-state index in [4.69, 9.17) is 19.9 Å². The van der Waals surface area contributed by atoms with Gasteiger partial charge in [0, 0.05) is 47.8 Å². The quantitative estimate of drug-likeness (QED) is 0.193. The second kappa shape index (κ2) is 11.4. The van der Waals surface area contributed by atoms with E-state index in [0.29, 0.717) is 17.5 Å². The maximum atomic E-state index is 5.40. The normalized spacial score (nSPS) is 11.4. The summed E-state index contributed by atoms with van der Waals surface area (Å²) in [6.07, 6.45) is 0. The molecule has 0 saturated carbocycles. The standard InChI is InChI=1S/C42H26N4S/c1-4-14-27(15-5-1)32-23-13-24-34-36(32)39-37(33-22-10-11-25-35(33)47-39)38(43-34)30-20-12-21-31(26-30)42-45-40(28-16-6-2-7-17-28)44-41(46-42)29-18-8-3-9-19-29/h1-26H. The number of nitrogens with zero attached hydrogens (tertiary/aromatic N) is 4. The predicted molar refractivity (Wildman–Crippen MR) is 195 cm³/mol. The lowest BCUT2D eigenvalue weighted by Crippen LogP contribution is -2.00. The zero-order valence-corrected chi connectivity index (χ0v) is 26.0. The van der Waals surface area contributed by atoms with Crippen LogP contribution in [0.4, 0.5) is 0 Å². The van der Waals surface area contributed by atoms with Gasteiger partial charge >= 0.3 is 0 Å². The number of rotatable bonds is 5. The van der Waals surface area contributed by atoms with Gasteiger partial charge in [-0.25, -0.2) is 19.9 Å². The molecule has 0 amide bonds. The van der Waals surface area contributed by atoms with E-state index in [9.17, 15) is 0 Å². The van der Waals surface area contributed by atoms with Crippen LogP contribution in [0.2, 0.25) is 0 Å². The number of benzene rings is 6. The lowest BCUT2D eigenvalue weighted by molar-refractivity contribution is 1.07. The summed E-state index contributed by atoms with van der Waals surface area (Å²) in [5.41, 5.74) is 8.13. The molecule has 47 heavy (non-hydrogen) atoms. The molecule has 0 bridgehead atoms. The van der Waals surface area contributed by atoms with E-state index in [2.05, 4.69) is 97.1 Å². The predicted octanol–water partition coefficient (Wildman–Crippen LogP) is 11.1. The highest BCUT2D eigenvalue weighted by atomic mass is 32.1. The van der Waals surface area contributed by atoms with Gasteiger partial charge in [0.25, 0.3) is 0 Å². The Bertz CT molecular complexity index is 2500. The Kier molecular flexibility index (Phi) is 6.61. The van der Waals surface area contributed by atoms with Gasteiger partial charge in [0.1, 0.15) is 0 Å². The molecule has 0 unspecified atom stereocenters. The van der Waals surface area contributed by atoms with Crippen molar-refractivity contribution in [2.24, 2.45) is 0 Å². The van der Waals surface area contributed by atoms with Crippen molar-refractivity contribution in [1.29, 1.82) is 0 Å². The summed E-state index contributed by atoms with van der Waals surface area (Å²) in [4.78, 5) is 20.3. The first kappa shape index (κ1) is 27.3. The highest BCUT2D eigenvalue weighted by Gasteiger charge is 2.20. The Morgan fingerprint density at radius 1 is 0.383 bits per heavy atom. The van der Waals surface area contributed by atoms with E-state index in [1.807, 2.05) is 72.0 Å². The molecule has 6 aromatic carbocycles. The highest BCUT2D eigenvalue weighted by Crippen LogP contribution is 2.45. The molecule has 3 heterocycles. The van der Waals surface area contributed by atoms with Gasteiger partial charge in [-0.2, -0.15) is 0 Å². The fraction of sp³-hybridized carbons (Fsp3) is 0. The van der Waals surface area contributed by atoms with Crippen molar-refractivity contribution < 1.29 is 0 Å². The fourth-order valence-electron chi connectivity index (χ4n) is 6.32. The smallest absolute Gasteiger partial charge is 0.164 e. The van der Waals surface area contributed by atoms with E-state index in [1.54, 1.807) is 0 Å². The minimum atomic E-state index is 0.623. The monoisotopic (exact) mass is 618 g/mol. The first-order valence-corrected chi connectivity index (χ1v) is 16.4. The number of aromatic nitrogens is 4. The van der Waals surface area contributed by atoms with Crippen LogP contribution in [0, 0.1) is 0 Å². The summed E-state index contributed by atoms with van der Waals surface area (Å²) in [6, 6.07) is 54.3. The van der Waals surface area contributed by atoms with Gasteiger partial charge in [0.2, 0.25) is 0 Å². The van der Waals surface area contributed by atoms with E-state index in [0.717, 1.165) is 33.5 Å². The number of pyridine rings is 1. The van der Waals surface area contributed by atoms with E-state index in [-0.39, 0.29) is 0 Å². The summed E-state index contributed by atoms with van der Waals surface area (Å²) in [5, 5.41) is 3.57. The molecule has 0 spiro atoms. The molecule has 0 aliphatic rings. The number of hydrogen-bond donors (Lipinski definition) is 0. The van der Waals surface area contributed by atoms with Crippen LogP contribution < -0.4 is 0 Å². The van der Waals surface area contributed by atoms with E-state index < -0.39 is 0 Å². The lowest BCUT2D eigenvalue weighted by Gasteiger charge is -2.13. The molecular weight excluding hydrogens is 593 g/mol. The van der Waals surface area contributed by atoms with Gasteiger partial charge in [-0.05, 0) is 29.3 Å². The van der Waals surface area contributed by atoms with Crippen molar-refractivity contribution in [3.63, 3.8) is 0 Å². The summed E-state index contributed by atoms with van der Waals surface area (Å²) in [6.45, 7) is 0. The zero-order valence-electron chi connectivity index (χ0n) is 25.2. The van der Waals surface area contributed by atoms with Crippen LogP contribution in [0.1, 0.15) is 0 Å². The van der Waals surface area contributed by atoms with Gasteiger partial charge in [-0.3, -0.25) is 0 Å². The van der Waals surface area contributed by atoms with Crippen molar-refractivity contribution >= 4 is 42.4 Å². The third-order valence-corrected chi connectivity index (χ3v) is 9.70. The molecule has 5 heteroatoms. The average Bonchev–Trinajstić information content (AvgIpc) is 3.55. The molecule has 9 aromatic rings. The van der Waals surface area contributed by atoms with Crippen LogP contribution in [0.5, 0.6) is 0 Å². The molecule has 0 saturated heterocycles. The third kappa shape index (κ3) is 4.85. The fourth-order valence-corrected chi connectivity index (χ4v) is 7.59. The van der Waals surface area contributed by atoms with Crippen molar-refractivity contribution in [1.82, 2.24) is 19.9 Å². The van der Waals surface area contributed by atoms with Crippen LogP contribution in [0.3, 0.4) is 0 Å². The molecule has 220 valence electrons. The molecule has 0 aliphatic heterocycles. The van der Waals surface area contributed by atoms with E-state index in [1.165, 1.54) is 36.7 Å². The molecule has 0 radical (unpaired) electrons. The Morgan fingerprint density at radius 2 is 0.915 bits per heavy atom. The molecule has 4 nitrogen and oxygen atoms in total. The minimum Gasteiger partial charge on any atom is -0.247 e. The van der Waals surface area contributed by atoms with Crippen LogP contribution in [0.25, 0.3) is 87.6 Å². The average molecular weight is 619 g/mol. The van der Waals surface area contributed by atoms with Crippen LogP contribution in [-0.2, 0) is 0 Å². The van der Waals surface area contributed by atoms with Gasteiger partial charge in [-0.1, -0.05) is 140 Å². The summed E-state index contributed by atoms with van der Waals surface area (Å²) in [5.74, 6) is 1.91. The highest BCUT2D eigenvalue weighted by molar-refractivity contribution is 7.26. The maximum absolute atomic E-state index is 5.40. The van der Waals surface area contributed by atoms with E-state index >= 15 is 0 Å². The molecule has 0 aliphatic carbocycles. The second-order valence-corrected chi connectivity index (χ2v) is 12.5. The van der Waals surface area contributed by atoms with Gasteiger partial charge in [-0.15, -0.1) is 11.3 Å². The Morgan fingerprint density at radius 3 is 1.60 bits per heavy atom. The molecular formula is C42H26N4S. The summed E-state index contributed by atoms with van der Waals surface area (Å²) in [7, 11) is 0. The van der Waals surface area contributed by atoms with Crippen LogP contribution in [0.15, 0.2) is 158 Å². The SMILES string of the molecule is c1ccc(-c2nc(-c3ccccc3)nc(-c3cccc(-c4nc5cccc(-c6ccccc6)c5c5sc6ccccc6c45)c3)n2)cc1. The Hall–Kier alpha value is -6.04. The third-order valence-electron chi connectivity index (χ3n) is 8.51. The van der Waals surface area contributed by atoms with Gasteiger partial charge in [0.15, 0.2) is 17.5 Å². The van der Waals surface area contributed by atoms with Crippen molar-refractivity contribution in [2.75, 3.05) is 0 Å². The largest absolute Gasteiger partial charge is 0.247 e. The van der Waals surface area contributed by atoms with Crippen molar-refractivity contribution in [3.8, 4) is 56.5 Å². The van der Waals surface area contributed by atoms with Crippen molar-refractivity contribution in [3.05, 3.63) is 158 Å². The molecule has 0 fully saturated rings. The Balaban J connectivity index is 1.28. The zero-order chi connectivity index (χ0) is 31.2. The first-order valence-electron chi connectivity index (χ1n) is 15.6. The number of hydrogen-bond acceptors (Lipinski definition) is 5. The minimum absolute atomic E-state index is 0.623. The summed E-state index contributed by atoms with van der Waals surface area (Å²) >= 11 is 1.84. The number of fused-ring (bicyclic) bond motifs is 5. The summed E-state index contributed by atoms with van der Waals surface area (Å²) < 4.78 is 2.49. The molecule has 0 N–H and O–H groups in total. The number of thiophene rings is 1. The van der Waals surface area contributed by atoms with Crippen molar-refractivity contribution in [2.45, 2.75) is 0 Å². The van der Waals surface area contributed by atoms with Crippen LogP contribution >= 0.6 is 11.3 Å². The second-order valence-electron chi connectivity index (χ2n) is 11.4. The van der Waals surface area contributed by atoms with Gasteiger partial charge < -0.3 is 0 Å². The molecule has 3 aromatic heterocycles.